The van der Waals surface area contributed by atoms with Gasteiger partial charge in [0.2, 0.25) is 5.91 Å². The van der Waals surface area contributed by atoms with Gasteiger partial charge >= 0.3 is 0 Å². The smallest absolute Gasteiger partial charge is 0.241 e. The molecule has 0 spiro atoms. The normalized spacial score (nSPS) is 33.7. The highest BCUT2D eigenvalue weighted by Gasteiger charge is 2.47. The SMILES string of the molecule is CCC1NC(C2CCCC2)N(CC2(OC)CCC2)C1=O. The minimum Gasteiger partial charge on any atom is -0.376 e. The van der Waals surface area contributed by atoms with E-state index in [0.717, 1.165) is 25.8 Å². The van der Waals surface area contributed by atoms with Crippen LogP contribution >= 0.6 is 0 Å². The first-order valence-corrected chi connectivity index (χ1v) is 8.31. The van der Waals surface area contributed by atoms with E-state index in [1.54, 1.807) is 7.11 Å². The van der Waals surface area contributed by atoms with Gasteiger partial charge in [-0.15, -0.1) is 0 Å². The van der Waals surface area contributed by atoms with E-state index in [1.807, 2.05) is 0 Å². The van der Waals surface area contributed by atoms with Gasteiger partial charge in [-0.3, -0.25) is 10.1 Å². The van der Waals surface area contributed by atoms with Crippen LogP contribution in [0.25, 0.3) is 0 Å². The molecule has 0 bridgehead atoms. The summed E-state index contributed by atoms with van der Waals surface area (Å²) in [6, 6.07) is 0.0228. The minimum atomic E-state index is -0.0587. The van der Waals surface area contributed by atoms with Crippen molar-refractivity contribution in [2.24, 2.45) is 5.92 Å². The molecule has 2 aliphatic carbocycles. The van der Waals surface area contributed by atoms with Crippen molar-refractivity contribution in [2.45, 2.75) is 76.1 Å². The zero-order valence-electron chi connectivity index (χ0n) is 12.9. The summed E-state index contributed by atoms with van der Waals surface area (Å²) in [5, 5.41) is 3.60. The molecule has 3 fully saturated rings. The van der Waals surface area contributed by atoms with E-state index in [4.69, 9.17) is 4.74 Å². The maximum Gasteiger partial charge on any atom is 0.241 e. The summed E-state index contributed by atoms with van der Waals surface area (Å²) in [6.45, 7) is 2.88. The Morgan fingerprint density at radius 1 is 1.30 bits per heavy atom. The largest absolute Gasteiger partial charge is 0.376 e. The lowest BCUT2D eigenvalue weighted by atomic mass is 9.79. The highest BCUT2D eigenvalue weighted by atomic mass is 16.5. The predicted octanol–water partition coefficient (Wildman–Crippen LogP) is 2.28. The average Bonchev–Trinajstić information content (AvgIpc) is 3.02. The predicted molar refractivity (Wildman–Crippen MR) is 78.3 cm³/mol. The van der Waals surface area contributed by atoms with Gasteiger partial charge in [0.15, 0.2) is 0 Å². The molecule has 1 saturated heterocycles. The average molecular weight is 280 g/mol. The van der Waals surface area contributed by atoms with E-state index in [9.17, 15) is 4.79 Å². The first-order chi connectivity index (χ1) is 9.69. The van der Waals surface area contributed by atoms with Crippen LogP contribution in [0.5, 0.6) is 0 Å². The van der Waals surface area contributed by atoms with Gasteiger partial charge in [0.25, 0.3) is 0 Å². The molecule has 2 saturated carbocycles. The molecule has 0 aromatic carbocycles. The van der Waals surface area contributed by atoms with Crippen LogP contribution in [-0.2, 0) is 9.53 Å². The maximum atomic E-state index is 12.6. The van der Waals surface area contributed by atoms with Gasteiger partial charge in [0, 0.05) is 7.11 Å². The second-order valence-corrected chi connectivity index (χ2v) is 6.82. The minimum absolute atomic E-state index is 0.0228. The second kappa shape index (κ2) is 5.64. The molecule has 2 atom stereocenters. The van der Waals surface area contributed by atoms with Crippen molar-refractivity contribution >= 4 is 5.91 Å². The molecule has 0 aromatic heterocycles. The lowest BCUT2D eigenvalue weighted by Crippen LogP contribution is -2.54. The summed E-state index contributed by atoms with van der Waals surface area (Å²) < 4.78 is 5.74. The zero-order chi connectivity index (χ0) is 14.2. The van der Waals surface area contributed by atoms with E-state index in [0.29, 0.717) is 11.8 Å². The molecule has 4 nitrogen and oxygen atoms in total. The number of nitrogens with one attached hydrogen (secondary N) is 1. The molecule has 1 heterocycles. The number of carbonyl (C=O) groups excluding carboxylic acids is 1. The van der Waals surface area contributed by atoms with Crippen molar-refractivity contribution in [3.05, 3.63) is 0 Å². The van der Waals surface area contributed by atoms with Crippen LogP contribution in [-0.4, -0.2) is 42.3 Å². The van der Waals surface area contributed by atoms with Crippen LogP contribution in [0.3, 0.4) is 0 Å². The maximum absolute atomic E-state index is 12.6. The Bertz CT molecular complexity index is 356. The molecule has 0 radical (unpaired) electrons. The third-order valence-electron chi connectivity index (χ3n) is 5.70. The Kier molecular flexibility index (Phi) is 4.04. The standard InChI is InChI=1S/C16H28N2O2/c1-3-13-15(19)18(11-16(20-2)9-6-10-16)14(17-13)12-7-4-5-8-12/h12-14,17H,3-11H2,1-2H3. The fourth-order valence-corrected chi connectivity index (χ4v) is 4.15. The summed E-state index contributed by atoms with van der Waals surface area (Å²) in [6.07, 6.45) is 9.72. The molecule has 114 valence electrons. The second-order valence-electron chi connectivity index (χ2n) is 6.82. The third kappa shape index (κ3) is 2.37. The number of rotatable bonds is 5. The third-order valence-corrected chi connectivity index (χ3v) is 5.70. The highest BCUT2D eigenvalue weighted by molar-refractivity contribution is 5.84. The molecule has 0 aromatic rings. The first kappa shape index (κ1) is 14.3. The quantitative estimate of drug-likeness (QED) is 0.840. The van der Waals surface area contributed by atoms with E-state index in [-0.39, 0.29) is 17.8 Å². The van der Waals surface area contributed by atoms with Gasteiger partial charge in [-0.1, -0.05) is 19.8 Å². The molecular formula is C16H28N2O2. The van der Waals surface area contributed by atoms with Crippen LogP contribution in [0, 0.1) is 5.92 Å². The van der Waals surface area contributed by atoms with Gasteiger partial charge in [-0.05, 0) is 44.4 Å². The topological polar surface area (TPSA) is 41.6 Å². The van der Waals surface area contributed by atoms with Crippen molar-refractivity contribution < 1.29 is 9.53 Å². The van der Waals surface area contributed by atoms with Gasteiger partial charge in [-0.2, -0.15) is 0 Å². The Balaban J connectivity index is 1.74. The van der Waals surface area contributed by atoms with Crippen LogP contribution in [0.4, 0.5) is 0 Å². The van der Waals surface area contributed by atoms with E-state index >= 15 is 0 Å². The Hall–Kier alpha value is -0.610. The molecule has 20 heavy (non-hydrogen) atoms. The molecule has 2 unspecified atom stereocenters. The molecule has 1 N–H and O–H groups in total. The molecule has 3 aliphatic rings. The van der Waals surface area contributed by atoms with Gasteiger partial charge in [0.1, 0.15) is 0 Å². The Labute approximate surface area is 122 Å². The summed E-state index contributed by atoms with van der Waals surface area (Å²) >= 11 is 0. The van der Waals surface area contributed by atoms with E-state index in [2.05, 4.69) is 17.1 Å². The van der Waals surface area contributed by atoms with Crippen molar-refractivity contribution in [3.8, 4) is 0 Å². The number of amides is 1. The van der Waals surface area contributed by atoms with Crippen LogP contribution < -0.4 is 5.32 Å². The van der Waals surface area contributed by atoms with Crippen LogP contribution in [0.15, 0.2) is 0 Å². The molecule has 1 aliphatic heterocycles. The van der Waals surface area contributed by atoms with E-state index in [1.165, 1.54) is 32.1 Å². The number of ether oxygens (including phenoxy) is 1. The van der Waals surface area contributed by atoms with E-state index < -0.39 is 0 Å². The molecule has 1 amide bonds. The lowest BCUT2D eigenvalue weighted by Gasteiger charge is -2.44. The van der Waals surface area contributed by atoms with Gasteiger partial charge in [-0.25, -0.2) is 0 Å². The molecular weight excluding hydrogens is 252 g/mol. The van der Waals surface area contributed by atoms with Crippen molar-refractivity contribution in [1.29, 1.82) is 0 Å². The van der Waals surface area contributed by atoms with Gasteiger partial charge < -0.3 is 9.64 Å². The fraction of sp³-hybridized carbons (Fsp3) is 0.938. The van der Waals surface area contributed by atoms with Crippen molar-refractivity contribution in [1.82, 2.24) is 10.2 Å². The molecule has 3 rings (SSSR count). The number of hydrogen-bond acceptors (Lipinski definition) is 3. The first-order valence-electron chi connectivity index (χ1n) is 8.31. The summed E-state index contributed by atoms with van der Waals surface area (Å²) in [4.78, 5) is 14.8. The lowest BCUT2D eigenvalue weighted by molar-refractivity contribution is -0.141. The zero-order valence-corrected chi connectivity index (χ0v) is 12.9. The number of carbonyl (C=O) groups is 1. The van der Waals surface area contributed by atoms with Crippen molar-refractivity contribution in [2.75, 3.05) is 13.7 Å². The summed E-state index contributed by atoms with van der Waals surface area (Å²) in [7, 11) is 1.80. The summed E-state index contributed by atoms with van der Waals surface area (Å²) in [5.74, 6) is 0.942. The Morgan fingerprint density at radius 2 is 2.00 bits per heavy atom. The number of nitrogens with zero attached hydrogens (tertiary/aromatic N) is 1. The van der Waals surface area contributed by atoms with Crippen molar-refractivity contribution in [3.63, 3.8) is 0 Å². The van der Waals surface area contributed by atoms with Gasteiger partial charge in [0.05, 0.1) is 24.4 Å². The fourth-order valence-electron chi connectivity index (χ4n) is 4.15. The monoisotopic (exact) mass is 280 g/mol. The number of hydrogen-bond donors (Lipinski definition) is 1. The van der Waals surface area contributed by atoms with Crippen LogP contribution in [0.2, 0.25) is 0 Å². The summed E-state index contributed by atoms with van der Waals surface area (Å²) in [5.41, 5.74) is -0.0587. The molecule has 4 heteroatoms. The highest BCUT2D eigenvalue weighted by Crippen LogP contribution is 2.39. The van der Waals surface area contributed by atoms with Crippen LogP contribution in [0.1, 0.15) is 58.3 Å². The Morgan fingerprint density at radius 3 is 2.50 bits per heavy atom. The number of methoxy groups -OCH3 is 1.